The number of hydrogen-bond acceptors (Lipinski definition) is 6. The number of likely N-dealkylation sites (tertiary alicyclic amines) is 1. The molecule has 1 fully saturated rings. The van der Waals surface area contributed by atoms with Crippen LogP contribution in [0.15, 0.2) is 34.9 Å². The fraction of sp³-hybridized carbons (Fsp3) is 0.320. The van der Waals surface area contributed by atoms with Crippen molar-refractivity contribution < 1.29 is 23.8 Å². The van der Waals surface area contributed by atoms with Gasteiger partial charge in [-0.2, -0.15) is 0 Å². The van der Waals surface area contributed by atoms with Crippen LogP contribution in [-0.4, -0.2) is 58.8 Å². The lowest BCUT2D eigenvalue weighted by Gasteiger charge is -2.21. The summed E-state index contributed by atoms with van der Waals surface area (Å²) in [5.74, 6) is 0.929. The van der Waals surface area contributed by atoms with Crippen LogP contribution in [0.4, 0.5) is 0 Å². The summed E-state index contributed by atoms with van der Waals surface area (Å²) in [7, 11) is 1.57. The molecule has 2 amide bonds. The third-order valence-corrected chi connectivity index (χ3v) is 6.18. The summed E-state index contributed by atoms with van der Waals surface area (Å²) in [5.41, 5.74) is 2.72. The summed E-state index contributed by atoms with van der Waals surface area (Å²) in [4.78, 5) is 30.0. The number of carbonyl (C=O) groups excluding carboxylic acids is 2. The first-order valence-electron chi connectivity index (χ1n) is 11.1. The predicted octanol–water partition coefficient (Wildman–Crippen LogP) is 3.40. The number of carbonyl (C=O) groups is 2. The predicted molar refractivity (Wildman–Crippen MR) is 128 cm³/mol. The number of aromatic nitrogens is 1. The van der Waals surface area contributed by atoms with Gasteiger partial charge in [0.25, 0.3) is 11.8 Å². The van der Waals surface area contributed by atoms with Gasteiger partial charge in [0, 0.05) is 49.6 Å². The molecule has 1 aliphatic heterocycles. The van der Waals surface area contributed by atoms with E-state index in [0.29, 0.717) is 63.6 Å². The van der Waals surface area contributed by atoms with Crippen molar-refractivity contribution in [3.63, 3.8) is 0 Å². The number of aliphatic hydroxyl groups excluding tert-OH is 1. The number of aromatic amines is 1. The van der Waals surface area contributed by atoms with Crippen molar-refractivity contribution in [2.75, 3.05) is 13.6 Å². The second-order valence-corrected chi connectivity index (χ2v) is 8.47. The van der Waals surface area contributed by atoms with Crippen LogP contribution in [0.25, 0.3) is 16.7 Å². The molecule has 0 spiro atoms. The smallest absolute Gasteiger partial charge is 0.256 e. The molecule has 4 N–H and O–H groups in total. The minimum absolute atomic E-state index is 0.0451. The van der Waals surface area contributed by atoms with Gasteiger partial charge in [0.05, 0.1) is 22.9 Å². The normalized spacial score (nSPS) is 18.4. The molecular weight excluding hydrogens is 436 g/mol. The first-order chi connectivity index (χ1) is 16.2. The van der Waals surface area contributed by atoms with Crippen molar-refractivity contribution in [3.8, 4) is 5.75 Å². The molecule has 4 rings (SSSR count). The SMILES string of the molecule is CNC(=O)c1c(C)oc2cc(O/C(=C/C=N)c3[nH]cc(C(=O)N4CC(O)CC4C)c3C)ccc12. The number of β-amino-alcohol motifs (C(OH)–C–C–N with tert-alkyl or cyclic N) is 1. The number of rotatable bonds is 6. The first-order valence-corrected chi connectivity index (χ1v) is 11.1. The molecule has 0 bridgehead atoms. The molecule has 34 heavy (non-hydrogen) atoms. The zero-order valence-electron chi connectivity index (χ0n) is 19.6. The Morgan fingerprint density at radius 1 is 1.35 bits per heavy atom. The van der Waals surface area contributed by atoms with Gasteiger partial charge in [-0.05, 0) is 44.9 Å². The van der Waals surface area contributed by atoms with Crippen molar-refractivity contribution in [2.24, 2.45) is 0 Å². The van der Waals surface area contributed by atoms with E-state index in [-0.39, 0.29) is 17.9 Å². The van der Waals surface area contributed by atoms with Gasteiger partial charge in [0.2, 0.25) is 0 Å². The Bertz CT molecular complexity index is 1300. The number of aliphatic hydroxyl groups is 1. The average molecular weight is 465 g/mol. The standard InChI is InChI=1S/C25H28N4O5/c1-13-9-16(30)12-29(13)25(32)19-11-28-23(14(19)2)20(7-8-26)34-17-5-6-18-21(10-17)33-15(3)22(18)24(31)27-4/h5-8,10-11,13,16,26,28,30H,9,12H2,1-4H3,(H,27,31)/b20-7+,26-8?. The van der Waals surface area contributed by atoms with E-state index >= 15 is 0 Å². The van der Waals surface area contributed by atoms with Gasteiger partial charge in [0.15, 0.2) is 5.76 Å². The highest BCUT2D eigenvalue weighted by atomic mass is 16.5. The molecular formula is C25H28N4O5. The number of hydrogen-bond donors (Lipinski definition) is 4. The van der Waals surface area contributed by atoms with Gasteiger partial charge in [-0.15, -0.1) is 0 Å². The van der Waals surface area contributed by atoms with E-state index in [2.05, 4.69) is 10.3 Å². The van der Waals surface area contributed by atoms with Crippen LogP contribution in [0.2, 0.25) is 0 Å². The zero-order chi connectivity index (χ0) is 24.6. The quantitative estimate of drug-likeness (QED) is 0.328. The third kappa shape index (κ3) is 4.10. The van der Waals surface area contributed by atoms with Crippen molar-refractivity contribution in [1.29, 1.82) is 5.41 Å². The Morgan fingerprint density at radius 2 is 2.12 bits per heavy atom. The van der Waals surface area contributed by atoms with E-state index in [0.717, 1.165) is 6.21 Å². The topological polar surface area (TPSA) is 132 Å². The lowest BCUT2D eigenvalue weighted by molar-refractivity contribution is 0.0725. The lowest BCUT2D eigenvalue weighted by atomic mass is 10.1. The second kappa shape index (κ2) is 9.18. The van der Waals surface area contributed by atoms with Gasteiger partial charge < -0.3 is 34.9 Å². The molecule has 1 aromatic carbocycles. The fourth-order valence-corrected chi connectivity index (χ4v) is 4.45. The molecule has 0 radical (unpaired) electrons. The highest BCUT2D eigenvalue weighted by Crippen LogP contribution is 2.32. The molecule has 9 nitrogen and oxygen atoms in total. The molecule has 3 heterocycles. The Balaban J connectivity index is 1.63. The monoisotopic (exact) mass is 464 g/mol. The van der Waals surface area contributed by atoms with E-state index in [9.17, 15) is 14.7 Å². The molecule has 0 aliphatic carbocycles. The molecule has 0 saturated carbocycles. The number of allylic oxidation sites excluding steroid dienone is 1. The molecule has 178 valence electrons. The van der Waals surface area contributed by atoms with Crippen LogP contribution in [0, 0.1) is 19.3 Å². The number of nitrogens with one attached hydrogen (secondary N) is 3. The van der Waals surface area contributed by atoms with Crippen molar-refractivity contribution in [3.05, 3.63) is 58.6 Å². The number of H-pyrrole nitrogens is 1. The van der Waals surface area contributed by atoms with Crippen LogP contribution < -0.4 is 10.1 Å². The minimum atomic E-state index is -0.515. The van der Waals surface area contributed by atoms with Crippen LogP contribution in [0.5, 0.6) is 5.75 Å². The van der Waals surface area contributed by atoms with Gasteiger partial charge in [0.1, 0.15) is 17.1 Å². The van der Waals surface area contributed by atoms with E-state index in [4.69, 9.17) is 14.6 Å². The molecule has 9 heteroatoms. The van der Waals surface area contributed by atoms with Crippen LogP contribution in [0.1, 0.15) is 51.1 Å². The summed E-state index contributed by atoms with van der Waals surface area (Å²) < 4.78 is 11.8. The Hall–Kier alpha value is -3.85. The van der Waals surface area contributed by atoms with Crippen molar-refractivity contribution in [1.82, 2.24) is 15.2 Å². The fourth-order valence-electron chi connectivity index (χ4n) is 4.45. The van der Waals surface area contributed by atoms with Gasteiger partial charge in [-0.3, -0.25) is 9.59 Å². The maximum absolute atomic E-state index is 13.1. The number of amides is 2. The van der Waals surface area contributed by atoms with Crippen molar-refractivity contribution >= 4 is 34.8 Å². The number of ether oxygens (including phenoxy) is 1. The first kappa shape index (κ1) is 23.3. The molecule has 1 saturated heterocycles. The van der Waals surface area contributed by atoms with Gasteiger partial charge >= 0.3 is 0 Å². The molecule has 2 aromatic heterocycles. The zero-order valence-corrected chi connectivity index (χ0v) is 19.6. The lowest BCUT2D eigenvalue weighted by Crippen LogP contribution is -2.34. The largest absolute Gasteiger partial charge is 0.460 e. The number of benzene rings is 1. The molecule has 2 unspecified atom stereocenters. The Labute approximate surface area is 196 Å². The number of aryl methyl sites for hydroxylation is 1. The maximum atomic E-state index is 13.1. The van der Waals surface area contributed by atoms with Crippen LogP contribution in [0.3, 0.4) is 0 Å². The summed E-state index contributed by atoms with van der Waals surface area (Å²) in [6.07, 6.45) is 4.26. The summed E-state index contributed by atoms with van der Waals surface area (Å²) in [6.45, 7) is 5.77. The second-order valence-electron chi connectivity index (χ2n) is 8.47. The van der Waals surface area contributed by atoms with Crippen LogP contribution >= 0.6 is 0 Å². The van der Waals surface area contributed by atoms with E-state index < -0.39 is 6.10 Å². The highest BCUT2D eigenvalue weighted by Gasteiger charge is 2.33. The number of furan rings is 1. The number of fused-ring (bicyclic) bond motifs is 1. The summed E-state index contributed by atoms with van der Waals surface area (Å²) >= 11 is 0. The van der Waals surface area contributed by atoms with Gasteiger partial charge in [-0.25, -0.2) is 0 Å². The minimum Gasteiger partial charge on any atom is -0.460 e. The molecule has 2 atom stereocenters. The van der Waals surface area contributed by atoms with Gasteiger partial charge in [-0.1, -0.05) is 0 Å². The summed E-state index contributed by atoms with van der Waals surface area (Å²) in [6, 6.07) is 5.12. The van der Waals surface area contributed by atoms with E-state index in [1.165, 1.54) is 6.08 Å². The molecule has 3 aromatic rings. The summed E-state index contributed by atoms with van der Waals surface area (Å²) in [5, 5.41) is 20.8. The van der Waals surface area contributed by atoms with Crippen LogP contribution in [-0.2, 0) is 0 Å². The Kier molecular flexibility index (Phi) is 6.30. The maximum Gasteiger partial charge on any atom is 0.256 e. The van der Waals surface area contributed by atoms with Crippen molar-refractivity contribution in [2.45, 2.75) is 39.3 Å². The number of nitrogens with zero attached hydrogens (tertiary/aromatic N) is 1. The Morgan fingerprint density at radius 3 is 2.76 bits per heavy atom. The highest BCUT2D eigenvalue weighted by molar-refractivity contribution is 6.07. The molecule has 1 aliphatic rings. The third-order valence-electron chi connectivity index (χ3n) is 6.18. The van der Waals surface area contributed by atoms with E-state index in [1.807, 2.05) is 13.8 Å². The van der Waals surface area contributed by atoms with E-state index in [1.54, 1.807) is 43.3 Å². The average Bonchev–Trinajstić information content (AvgIpc) is 3.45.